The summed E-state index contributed by atoms with van der Waals surface area (Å²) in [6.45, 7) is 4.46. The van der Waals surface area contributed by atoms with E-state index in [9.17, 15) is 9.59 Å². The van der Waals surface area contributed by atoms with Crippen molar-refractivity contribution < 1.29 is 9.53 Å². The number of piperidine rings is 1. The number of rotatable bonds is 2. The van der Waals surface area contributed by atoms with Gasteiger partial charge in [-0.3, -0.25) is 14.5 Å². The summed E-state index contributed by atoms with van der Waals surface area (Å²) in [5.41, 5.74) is -0.0217. The third-order valence-electron chi connectivity index (χ3n) is 5.76. The summed E-state index contributed by atoms with van der Waals surface area (Å²) in [6, 6.07) is 4.16. The van der Waals surface area contributed by atoms with Gasteiger partial charge < -0.3 is 14.6 Å². The third kappa shape index (κ3) is 3.00. The predicted molar refractivity (Wildman–Crippen MR) is 90.0 cm³/mol. The quantitative estimate of drug-likeness (QED) is 0.881. The lowest BCUT2D eigenvalue weighted by Crippen LogP contribution is -2.49. The smallest absolute Gasteiger partial charge is 0.260 e. The first-order valence-corrected chi connectivity index (χ1v) is 9.03. The van der Waals surface area contributed by atoms with Crippen LogP contribution in [-0.2, 0) is 4.74 Å². The summed E-state index contributed by atoms with van der Waals surface area (Å²) in [5.74, 6) is 0.402. The van der Waals surface area contributed by atoms with E-state index in [1.165, 1.54) is 6.42 Å². The number of carbonyl (C=O) groups is 1. The molecule has 1 aromatic rings. The van der Waals surface area contributed by atoms with Gasteiger partial charge in [0.15, 0.2) is 0 Å². The molecule has 0 aromatic carbocycles. The molecule has 4 aliphatic rings. The number of amides is 1. The Labute approximate surface area is 141 Å². The molecule has 4 fully saturated rings. The minimum absolute atomic E-state index is 0.111. The van der Waals surface area contributed by atoms with Gasteiger partial charge in [-0.2, -0.15) is 0 Å². The minimum atomic E-state index is -0.288. The van der Waals surface area contributed by atoms with Crippen LogP contribution in [0.15, 0.2) is 23.1 Å². The van der Waals surface area contributed by atoms with E-state index < -0.39 is 0 Å². The summed E-state index contributed by atoms with van der Waals surface area (Å²) >= 11 is 0. The van der Waals surface area contributed by atoms with E-state index in [2.05, 4.69) is 9.88 Å². The van der Waals surface area contributed by atoms with Crippen molar-refractivity contribution in [3.8, 4) is 0 Å². The maximum atomic E-state index is 12.9. The molecule has 0 radical (unpaired) electrons. The Morgan fingerprint density at radius 2 is 1.92 bits per heavy atom. The van der Waals surface area contributed by atoms with Gasteiger partial charge in [0.2, 0.25) is 0 Å². The topological polar surface area (TPSA) is 65.6 Å². The Hall–Kier alpha value is -1.66. The highest BCUT2D eigenvalue weighted by atomic mass is 16.5. The van der Waals surface area contributed by atoms with Crippen LogP contribution >= 0.6 is 0 Å². The summed E-state index contributed by atoms with van der Waals surface area (Å²) in [5, 5.41) is 0. The second-order valence-electron chi connectivity index (χ2n) is 7.27. The molecule has 24 heavy (non-hydrogen) atoms. The van der Waals surface area contributed by atoms with Crippen molar-refractivity contribution in [3.63, 3.8) is 0 Å². The van der Waals surface area contributed by atoms with Crippen molar-refractivity contribution in [2.45, 2.75) is 37.8 Å². The van der Waals surface area contributed by atoms with Gasteiger partial charge in [-0.25, -0.2) is 0 Å². The summed E-state index contributed by atoms with van der Waals surface area (Å²) in [7, 11) is 0. The number of nitrogens with one attached hydrogen (secondary N) is 1. The van der Waals surface area contributed by atoms with Crippen LogP contribution in [0.2, 0.25) is 0 Å². The first-order valence-electron chi connectivity index (χ1n) is 9.03. The minimum Gasteiger partial charge on any atom is -0.381 e. The molecular formula is C18H25N3O3. The Bertz CT molecular complexity index is 653. The molecular weight excluding hydrogens is 306 g/mol. The van der Waals surface area contributed by atoms with E-state index in [1.807, 2.05) is 4.90 Å². The van der Waals surface area contributed by atoms with E-state index in [1.54, 1.807) is 18.3 Å². The third-order valence-corrected chi connectivity index (χ3v) is 5.76. The fraction of sp³-hybridized carbons (Fsp3) is 0.667. The number of H-pyrrole nitrogens is 1. The van der Waals surface area contributed by atoms with Crippen LogP contribution < -0.4 is 5.56 Å². The van der Waals surface area contributed by atoms with Gasteiger partial charge in [0.25, 0.3) is 11.5 Å². The number of hydrogen-bond acceptors (Lipinski definition) is 4. The Balaban J connectivity index is 1.53. The number of ether oxygens (including phenoxy) is 1. The molecule has 6 heteroatoms. The number of aromatic amines is 1. The monoisotopic (exact) mass is 331 g/mol. The number of pyridine rings is 1. The van der Waals surface area contributed by atoms with E-state index >= 15 is 0 Å². The van der Waals surface area contributed by atoms with Crippen molar-refractivity contribution in [2.24, 2.45) is 5.92 Å². The van der Waals surface area contributed by atoms with E-state index in [-0.39, 0.29) is 23.1 Å². The fourth-order valence-electron chi connectivity index (χ4n) is 4.46. The second kappa shape index (κ2) is 6.69. The van der Waals surface area contributed by atoms with E-state index in [0.29, 0.717) is 12.0 Å². The lowest BCUT2D eigenvalue weighted by atomic mass is 9.94. The zero-order valence-corrected chi connectivity index (χ0v) is 13.9. The number of fused-ring (bicyclic) bond motifs is 4. The van der Waals surface area contributed by atoms with Crippen LogP contribution in [0.3, 0.4) is 0 Å². The number of carbonyl (C=O) groups excluding carboxylic acids is 1. The highest BCUT2D eigenvalue weighted by Gasteiger charge is 2.39. The SMILES string of the molecule is O=C(c1ccc[nH]c1=O)N1C[C@@H]2CC[C@H]1CN(C1CCOCC1)C2. The summed E-state index contributed by atoms with van der Waals surface area (Å²) in [4.78, 5) is 32.0. The van der Waals surface area contributed by atoms with Crippen LogP contribution in [0.5, 0.6) is 0 Å². The van der Waals surface area contributed by atoms with Gasteiger partial charge in [-0.1, -0.05) is 0 Å². The number of aromatic nitrogens is 1. The van der Waals surface area contributed by atoms with Crippen molar-refractivity contribution in [1.29, 1.82) is 0 Å². The first-order chi connectivity index (χ1) is 11.7. The first kappa shape index (κ1) is 15.8. The maximum absolute atomic E-state index is 12.9. The van der Waals surface area contributed by atoms with Gasteiger partial charge in [-0.15, -0.1) is 0 Å². The highest BCUT2D eigenvalue weighted by Crippen LogP contribution is 2.31. The van der Waals surface area contributed by atoms with Crippen molar-refractivity contribution >= 4 is 5.91 Å². The van der Waals surface area contributed by atoms with Gasteiger partial charge in [-0.05, 0) is 43.7 Å². The predicted octanol–water partition coefficient (Wildman–Crippen LogP) is 1.09. The molecule has 4 saturated heterocycles. The highest BCUT2D eigenvalue weighted by molar-refractivity contribution is 5.94. The van der Waals surface area contributed by atoms with Crippen LogP contribution in [0, 0.1) is 5.92 Å². The Kier molecular flexibility index (Phi) is 4.41. The molecule has 5 heterocycles. The molecule has 5 rings (SSSR count). The van der Waals surface area contributed by atoms with Crippen LogP contribution in [0.25, 0.3) is 0 Å². The van der Waals surface area contributed by atoms with Crippen molar-refractivity contribution in [1.82, 2.24) is 14.8 Å². The van der Waals surface area contributed by atoms with Gasteiger partial charge >= 0.3 is 0 Å². The average Bonchev–Trinajstić information content (AvgIpc) is 2.94. The molecule has 1 amide bonds. The van der Waals surface area contributed by atoms with Gasteiger partial charge in [0, 0.05) is 51.1 Å². The maximum Gasteiger partial charge on any atom is 0.260 e. The van der Waals surface area contributed by atoms with Gasteiger partial charge in [0.1, 0.15) is 5.56 Å². The Morgan fingerprint density at radius 1 is 1.08 bits per heavy atom. The average molecular weight is 331 g/mol. The molecule has 2 bridgehead atoms. The number of hydrogen-bond donors (Lipinski definition) is 1. The lowest BCUT2D eigenvalue weighted by Gasteiger charge is -2.37. The molecule has 1 N–H and O–H groups in total. The molecule has 0 aliphatic carbocycles. The van der Waals surface area contributed by atoms with Crippen LogP contribution in [0.4, 0.5) is 0 Å². The molecule has 2 atom stereocenters. The zero-order valence-electron chi connectivity index (χ0n) is 13.9. The standard InChI is InChI=1S/C18H25N3O3/c22-17-16(2-1-7-19-17)18(23)21-11-13-3-4-15(21)12-20(10-13)14-5-8-24-9-6-14/h1-2,7,13-15H,3-6,8-12H2,(H,19,22)/t13-,15+/m1/s1. The molecule has 130 valence electrons. The molecule has 6 nitrogen and oxygen atoms in total. The lowest BCUT2D eigenvalue weighted by molar-refractivity contribution is 0.0304. The number of nitrogens with zero attached hydrogens (tertiary/aromatic N) is 2. The second-order valence-corrected chi connectivity index (χ2v) is 7.27. The van der Waals surface area contributed by atoms with Crippen LogP contribution in [0.1, 0.15) is 36.0 Å². The van der Waals surface area contributed by atoms with E-state index in [0.717, 1.165) is 52.1 Å². The summed E-state index contributed by atoms with van der Waals surface area (Å²) in [6.07, 6.45) is 5.97. The fourth-order valence-corrected chi connectivity index (χ4v) is 4.46. The molecule has 0 saturated carbocycles. The molecule has 1 aromatic heterocycles. The molecule has 0 unspecified atom stereocenters. The largest absolute Gasteiger partial charge is 0.381 e. The molecule has 4 aliphatic heterocycles. The van der Waals surface area contributed by atoms with Crippen molar-refractivity contribution in [3.05, 3.63) is 34.2 Å². The van der Waals surface area contributed by atoms with Crippen LogP contribution in [-0.4, -0.2) is 65.6 Å². The van der Waals surface area contributed by atoms with Gasteiger partial charge in [0.05, 0.1) is 0 Å². The van der Waals surface area contributed by atoms with Crippen molar-refractivity contribution in [2.75, 3.05) is 32.8 Å². The molecule has 0 spiro atoms. The Morgan fingerprint density at radius 3 is 2.71 bits per heavy atom. The zero-order chi connectivity index (χ0) is 16.5. The van der Waals surface area contributed by atoms with E-state index in [4.69, 9.17) is 4.74 Å². The normalized spacial score (nSPS) is 28.8. The summed E-state index contributed by atoms with van der Waals surface area (Å²) < 4.78 is 5.49.